The highest BCUT2D eigenvalue weighted by molar-refractivity contribution is 7.89. The van der Waals surface area contributed by atoms with Crippen molar-refractivity contribution in [3.63, 3.8) is 0 Å². The Hall–Kier alpha value is -1.87. The van der Waals surface area contributed by atoms with Crippen molar-refractivity contribution in [2.45, 2.75) is 31.3 Å². The number of nitrogens with zero attached hydrogens (tertiary/aromatic N) is 4. The summed E-state index contributed by atoms with van der Waals surface area (Å²) in [5.41, 5.74) is 6.44. The summed E-state index contributed by atoms with van der Waals surface area (Å²) in [6, 6.07) is 0. The molecule has 2 aromatic heterocycles. The Bertz CT molecular complexity index is 688. The molecule has 110 valence electrons. The van der Waals surface area contributed by atoms with E-state index in [1.54, 1.807) is 24.1 Å². The van der Waals surface area contributed by atoms with Crippen LogP contribution >= 0.6 is 0 Å². The first kappa shape index (κ1) is 14.5. The number of hydrogen-bond acceptors (Lipinski definition) is 5. The maximum atomic E-state index is 12.2. The minimum Gasteiger partial charge on any atom is -0.381 e. The zero-order chi connectivity index (χ0) is 14.8. The van der Waals surface area contributed by atoms with Crippen molar-refractivity contribution in [3.05, 3.63) is 24.2 Å². The summed E-state index contributed by atoms with van der Waals surface area (Å²) in [4.78, 5) is 0.00911. The first-order valence-corrected chi connectivity index (χ1v) is 7.71. The van der Waals surface area contributed by atoms with Crippen molar-refractivity contribution in [3.8, 4) is 0 Å². The molecule has 0 atom stereocenters. The summed E-state index contributed by atoms with van der Waals surface area (Å²) >= 11 is 0. The molecule has 2 heterocycles. The minimum absolute atomic E-state index is 0.00911. The molecular weight excluding hydrogens is 280 g/mol. The molecular formula is C11H18N6O2S. The Kier molecular flexibility index (Phi) is 4.09. The van der Waals surface area contributed by atoms with Gasteiger partial charge in [0, 0.05) is 38.1 Å². The molecule has 20 heavy (non-hydrogen) atoms. The van der Waals surface area contributed by atoms with Crippen molar-refractivity contribution >= 4 is 15.8 Å². The molecule has 0 aliphatic heterocycles. The highest BCUT2D eigenvalue weighted by Crippen LogP contribution is 2.16. The zero-order valence-electron chi connectivity index (χ0n) is 11.4. The van der Waals surface area contributed by atoms with Gasteiger partial charge in [0.2, 0.25) is 10.0 Å². The van der Waals surface area contributed by atoms with Gasteiger partial charge in [-0.2, -0.15) is 10.2 Å². The van der Waals surface area contributed by atoms with Crippen molar-refractivity contribution in [2.24, 2.45) is 7.05 Å². The van der Waals surface area contributed by atoms with Crippen LogP contribution in [0.25, 0.3) is 0 Å². The molecule has 0 saturated carbocycles. The van der Waals surface area contributed by atoms with Crippen LogP contribution in [0.2, 0.25) is 0 Å². The Morgan fingerprint density at radius 2 is 2.15 bits per heavy atom. The number of nitrogens with one attached hydrogen (secondary N) is 1. The standard InChI is InChI=1S/C11H18N6O2S/c1-3-4-17-8-10(11(12)15-17)20(18,19)14-6-9-5-13-16(2)7-9/h5,7-8,14H,3-4,6H2,1-2H3,(H2,12,15). The van der Waals surface area contributed by atoms with E-state index in [2.05, 4.69) is 14.9 Å². The summed E-state index contributed by atoms with van der Waals surface area (Å²) in [7, 11) is -1.90. The van der Waals surface area contributed by atoms with E-state index < -0.39 is 10.0 Å². The van der Waals surface area contributed by atoms with Crippen LogP contribution in [0, 0.1) is 0 Å². The SMILES string of the molecule is CCCn1cc(S(=O)(=O)NCc2cnn(C)c2)c(N)n1. The summed E-state index contributed by atoms with van der Waals surface area (Å²) in [5.74, 6) is 0.0112. The van der Waals surface area contributed by atoms with Gasteiger partial charge >= 0.3 is 0 Å². The van der Waals surface area contributed by atoms with E-state index in [0.29, 0.717) is 6.54 Å². The molecule has 2 rings (SSSR count). The number of hydrogen-bond donors (Lipinski definition) is 2. The molecule has 0 aliphatic carbocycles. The molecule has 3 N–H and O–H groups in total. The second kappa shape index (κ2) is 5.63. The zero-order valence-corrected chi connectivity index (χ0v) is 12.3. The predicted molar refractivity (Wildman–Crippen MR) is 74.2 cm³/mol. The van der Waals surface area contributed by atoms with Crippen LogP contribution < -0.4 is 10.5 Å². The Morgan fingerprint density at radius 3 is 2.75 bits per heavy atom. The fourth-order valence-electron chi connectivity index (χ4n) is 1.79. The summed E-state index contributed by atoms with van der Waals surface area (Å²) in [6.07, 6.45) is 5.65. The first-order chi connectivity index (χ1) is 9.42. The summed E-state index contributed by atoms with van der Waals surface area (Å²) in [6.45, 7) is 2.77. The monoisotopic (exact) mass is 298 g/mol. The maximum absolute atomic E-state index is 12.2. The molecule has 0 aliphatic rings. The Balaban J connectivity index is 2.13. The van der Waals surface area contributed by atoms with Crippen molar-refractivity contribution in [2.75, 3.05) is 5.73 Å². The first-order valence-electron chi connectivity index (χ1n) is 6.22. The number of rotatable bonds is 6. The van der Waals surface area contributed by atoms with Gasteiger partial charge in [0.15, 0.2) is 5.82 Å². The van der Waals surface area contributed by atoms with Crippen molar-refractivity contribution in [1.82, 2.24) is 24.3 Å². The molecule has 8 nitrogen and oxygen atoms in total. The normalized spacial score (nSPS) is 11.9. The van der Waals surface area contributed by atoms with Crippen LogP contribution in [-0.4, -0.2) is 28.0 Å². The van der Waals surface area contributed by atoms with Crippen LogP contribution in [0.4, 0.5) is 5.82 Å². The van der Waals surface area contributed by atoms with E-state index in [1.807, 2.05) is 6.92 Å². The van der Waals surface area contributed by atoms with E-state index in [4.69, 9.17) is 5.73 Å². The average Bonchev–Trinajstić information content (AvgIpc) is 2.94. The predicted octanol–water partition coefficient (Wildman–Crippen LogP) is 0.0873. The summed E-state index contributed by atoms with van der Waals surface area (Å²) < 4.78 is 30.0. The van der Waals surface area contributed by atoms with Gasteiger partial charge in [-0.3, -0.25) is 9.36 Å². The van der Waals surface area contributed by atoms with Crippen LogP contribution in [0.3, 0.4) is 0 Å². The lowest BCUT2D eigenvalue weighted by Crippen LogP contribution is -2.23. The van der Waals surface area contributed by atoms with Crippen LogP contribution in [0.1, 0.15) is 18.9 Å². The van der Waals surface area contributed by atoms with E-state index in [0.717, 1.165) is 12.0 Å². The van der Waals surface area contributed by atoms with Gasteiger partial charge in [-0.05, 0) is 6.42 Å². The molecule has 0 bridgehead atoms. The molecule has 0 amide bonds. The van der Waals surface area contributed by atoms with E-state index in [9.17, 15) is 8.42 Å². The van der Waals surface area contributed by atoms with Crippen molar-refractivity contribution in [1.29, 1.82) is 0 Å². The van der Waals surface area contributed by atoms with Gasteiger partial charge in [-0.15, -0.1) is 0 Å². The summed E-state index contributed by atoms with van der Waals surface area (Å²) in [5, 5.41) is 7.96. The van der Waals surface area contributed by atoms with Gasteiger partial charge in [0.1, 0.15) is 4.90 Å². The number of nitrogen functional groups attached to an aromatic ring is 1. The van der Waals surface area contributed by atoms with Gasteiger partial charge in [0.25, 0.3) is 0 Å². The lowest BCUT2D eigenvalue weighted by molar-refractivity contribution is 0.579. The van der Waals surface area contributed by atoms with Gasteiger partial charge < -0.3 is 5.73 Å². The molecule has 0 unspecified atom stereocenters. The molecule has 0 radical (unpaired) electrons. The maximum Gasteiger partial charge on any atom is 0.246 e. The number of aromatic nitrogens is 4. The van der Waals surface area contributed by atoms with E-state index >= 15 is 0 Å². The average molecular weight is 298 g/mol. The van der Waals surface area contributed by atoms with Crippen LogP contribution in [-0.2, 0) is 30.2 Å². The number of anilines is 1. The Labute approximate surface area is 117 Å². The van der Waals surface area contributed by atoms with Crippen LogP contribution in [0.5, 0.6) is 0 Å². The topological polar surface area (TPSA) is 108 Å². The quantitative estimate of drug-likeness (QED) is 0.785. The largest absolute Gasteiger partial charge is 0.381 e. The highest BCUT2D eigenvalue weighted by Gasteiger charge is 2.20. The Morgan fingerprint density at radius 1 is 1.40 bits per heavy atom. The van der Waals surface area contributed by atoms with Gasteiger partial charge in [0.05, 0.1) is 6.20 Å². The van der Waals surface area contributed by atoms with Gasteiger partial charge in [-0.25, -0.2) is 13.1 Å². The van der Waals surface area contributed by atoms with Crippen LogP contribution in [0.15, 0.2) is 23.5 Å². The fraction of sp³-hybridized carbons (Fsp3) is 0.455. The number of nitrogens with two attached hydrogens (primary N) is 1. The lowest BCUT2D eigenvalue weighted by atomic mass is 10.4. The lowest BCUT2D eigenvalue weighted by Gasteiger charge is -2.03. The molecule has 0 saturated heterocycles. The smallest absolute Gasteiger partial charge is 0.246 e. The third kappa shape index (κ3) is 3.17. The van der Waals surface area contributed by atoms with Crippen molar-refractivity contribution < 1.29 is 8.42 Å². The molecule has 2 aromatic rings. The van der Waals surface area contributed by atoms with Gasteiger partial charge in [-0.1, -0.05) is 6.92 Å². The highest BCUT2D eigenvalue weighted by atomic mass is 32.2. The fourth-order valence-corrected chi connectivity index (χ4v) is 2.88. The molecule has 9 heteroatoms. The third-order valence-electron chi connectivity index (χ3n) is 2.72. The molecule has 0 fully saturated rings. The second-order valence-electron chi connectivity index (χ2n) is 4.49. The van der Waals surface area contributed by atoms with E-state index in [-0.39, 0.29) is 17.3 Å². The minimum atomic E-state index is -3.67. The third-order valence-corrected chi connectivity index (χ3v) is 4.14. The molecule has 0 spiro atoms. The number of sulfonamides is 1. The van der Waals surface area contributed by atoms with E-state index in [1.165, 1.54) is 10.9 Å². The molecule has 0 aromatic carbocycles. The second-order valence-corrected chi connectivity index (χ2v) is 6.22. The number of aryl methyl sites for hydroxylation is 2.